The maximum absolute atomic E-state index is 14.9. The molecule has 3 aromatic carbocycles. The quantitative estimate of drug-likeness (QED) is 0.482. The van der Waals surface area contributed by atoms with Crippen LogP contribution in [0.1, 0.15) is 18.1 Å². The Balaban J connectivity index is 2.06. The molecule has 0 aromatic heterocycles. The molecule has 3 aromatic rings. The summed E-state index contributed by atoms with van der Waals surface area (Å²) in [5, 5.41) is 1.43. The lowest BCUT2D eigenvalue weighted by Crippen LogP contribution is -2.39. The highest BCUT2D eigenvalue weighted by molar-refractivity contribution is 7.77. The number of esters is 1. The number of benzene rings is 3. The molecule has 1 atom stereocenters. The number of hydrogen-bond acceptors (Lipinski definition) is 3. The normalized spacial score (nSPS) is 18.3. The van der Waals surface area contributed by atoms with E-state index >= 15 is 0 Å². The highest BCUT2D eigenvalue weighted by atomic mass is 31.2. The molecule has 29 heavy (non-hydrogen) atoms. The van der Waals surface area contributed by atoms with E-state index in [0.717, 1.165) is 27.7 Å². The van der Waals surface area contributed by atoms with Crippen molar-refractivity contribution in [2.45, 2.75) is 6.92 Å². The van der Waals surface area contributed by atoms with Gasteiger partial charge in [0.2, 0.25) is 7.29 Å². The van der Waals surface area contributed by atoms with Gasteiger partial charge >= 0.3 is 5.97 Å². The summed E-state index contributed by atoms with van der Waals surface area (Å²) < 4.78 is 21.6. The van der Waals surface area contributed by atoms with Crippen LogP contribution in [0, 0.1) is 0 Å². The fraction of sp³-hybridized carbons (Fsp3) is 0.125. The molecular formula is C24H22NO3P. The van der Waals surface area contributed by atoms with Crippen LogP contribution in [0.25, 0.3) is 11.3 Å². The van der Waals surface area contributed by atoms with Crippen molar-refractivity contribution in [3.63, 3.8) is 0 Å². The van der Waals surface area contributed by atoms with Crippen LogP contribution in [0.2, 0.25) is 0 Å². The molecule has 5 heteroatoms. The molecule has 4 rings (SSSR count). The first-order chi connectivity index (χ1) is 14.1. The topological polar surface area (TPSA) is 46.6 Å². The fourth-order valence-corrected chi connectivity index (χ4v) is 6.99. The predicted molar refractivity (Wildman–Crippen MR) is 117 cm³/mol. The van der Waals surface area contributed by atoms with Gasteiger partial charge in [-0.3, -0.25) is 9.36 Å². The van der Waals surface area contributed by atoms with Crippen molar-refractivity contribution in [2.75, 3.05) is 13.7 Å². The van der Waals surface area contributed by atoms with Gasteiger partial charge in [0.15, 0.2) is 0 Å². The van der Waals surface area contributed by atoms with Gasteiger partial charge in [-0.1, -0.05) is 66.7 Å². The van der Waals surface area contributed by atoms with Crippen molar-refractivity contribution in [3.05, 3.63) is 96.1 Å². The van der Waals surface area contributed by atoms with Crippen molar-refractivity contribution in [2.24, 2.45) is 0 Å². The van der Waals surface area contributed by atoms with Gasteiger partial charge in [0, 0.05) is 10.6 Å². The Labute approximate surface area is 170 Å². The van der Waals surface area contributed by atoms with Crippen molar-refractivity contribution in [1.82, 2.24) is 4.67 Å². The lowest BCUT2D eigenvalue weighted by atomic mass is 10.0. The zero-order chi connectivity index (χ0) is 20.4. The number of carbonyl (C=O) groups excluding carboxylic acids is 1. The number of carbonyl (C=O) groups is 1. The Hall–Kier alpha value is -3.10. The van der Waals surface area contributed by atoms with Crippen molar-refractivity contribution in [3.8, 4) is 0 Å². The smallest absolute Gasteiger partial charge is 0.325 e. The van der Waals surface area contributed by atoms with E-state index in [-0.39, 0.29) is 6.54 Å². The van der Waals surface area contributed by atoms with Gasteiger partial charge in [-0.25, -0.2) is 0 Å². The van der Waals surface area contributed by atoms with Gasteiger partial charge in [0.25, 0.3) is 0 Å². The van der Waals surface area contributed by atoms with Crippen molar-refractivity contribution in [1.29, 1.82) is 0 Å². The summed E-state index contributed by atoms with van der Waals surface area (Å²) in [6.45, 7) is 1.92. The highest BCUT2D eigenvalue weighted by Crippen LogP contribution is 2.57. The number of ether oxygens (including phenoxy) is 1. The van der Waals surface area contributed by atoms with E-state index < -0.39 is 13.3 Å². The second-order valence-electron chi connectivity index (χ2n) is 6.90. The predicted octanol–water partition coefficient (Wildman–Crippen LogP) is 4.29. The highest BCUT2D eigenvalue weighted by Gasteiger charge is 2.43. The molecule has 0 amide bonds. The van der Waals surface area contributed by atoms with Gasteiger partial charge in [0.1, 0.15) is 6.54 Å². The number of allylic oxidation sites excluding steroid dienone is 1. The maximum atomic E-state index is 14.9. The zero-order valence-corrected chi connectivity index (χ0v) is 17.3. The minimum absolute atomic E-state index is 0.0986. The minimum atomic E-state index is -3.32. The first-order valence-electron chi connectivity index (χ1n) is 9.44. The summed E-state index contributed by atoms with van der Waals surface area (Å²) in [4.78, 5) is 12.4. The molecule has 0 radical (unpaired) electrons. The number of methoxy groups -OCH3 is 1. The van der Waals surface area contributed by atoms with E-state index in [1.165, 1.54) is 7.11 Å². The van der Waals surface area contributed by atoms with Crippen LogP contribution in [-0.4, -0.2) is 24.3 Å². The summed E-state index contributed by atoms with van der Waals surface area (Å²) in [5.74, 6) is -0.429. The van der Waals surface area contributed by atoms with E-state index in [4.69, 9.17) is 4.74 Å². The average Bonchev–Trinajstić information content (AvgIpc) is 2.78. The first kappa shape index (κ1) is 19.2. The monoisotopic (exact) mass is 403 g/mol. The molecule has 1 aliphatic rings. The Morgan fingerprint density at radius 1 is 0.897 bits per heavy atom. The summed E-state index contributed by atoms with van der Waals surface area (Å²) in [7, 11) is -1.96. The molecule has 1 unspecified atom stereocenters. The van der Waals surface area contributed by atoms with E-state index in [1.807, 2.05) is 91.9 Å². The van der Waals surface area contributed by atoms with Crippen LogP contribution in [0.5, 0.6) is 0 Å². The number of rotatable bonds is 4. The van der Waals surface area contributed by atoms with Gasteiger partial charge in [0.05, 0.1) is 12.8 Å². The molecule has 0 saturated carbocycles. The fourth-order valence-electron chi connectivity index (χ4n) is 3.88. The summed E-state index contributed by atoms with van der Waals surface area (Å²) >= 11 is 0. The number of hydrogen-bond donors (Lipinski definition) is 0. The zero-order valence-electron chi connectivity index (χ0n) is 16.4. The van der Waals surface area contributed by atoms with Crippen LogP contribution in [0.4, 0.5) is 0 Å². The van der Waals surface area contributed by atoms with Gasteiger partial charge in [-0.2, -0.15) is 0 Å². The van der Waals surface area contributed by atoms with Gasteiger partial charge in [-0.05, 0) is 41.8 Å². The third-order valence-electron chi connectivity index (χ3n) is 5.25. The summed E-state index contributed by atoms with van der Waals surface area (Å²) in [6.07, 6.45) is 0. The average molecular weight is 403 g/mol. The largest absolute Gasteiger partial charge is 0.468 e. The Morgan fingerprint density at radius 2 is 1.48 bits per heavy atom. The van der Waals surface area contributed by atoms with Crippen molar-refractivity contribution >= 4 is 35.1 Å². The third-order valence-corrected chi connectivity index (χ3v) is 8.31. The van der Waals surface area contributed by atoms with Crippen LogP contribution in [0.3, 0.4) is 0 Å². The van der Waals surface area contributed by atoms with E-state index in [1.54, 1.807) is 4.67 Å². The lowest BCUT2D eigenvalue weighted by Gasteiger charge is -2.40. The van der Waals surface area contributed by atoms with Crippen LogP contribution in [-0.2, 0) is 14.1 Å². The summed E-state index contributed by atoms with van der Waals surface area (Å²) in [6, 6.07) is 26.9. The van der Waals surface area contributed by atoms with E-state index in [9.17, 15) is 9.36 Å². The summed E-state index contributed by atoms with van der Waals surface area (Å²) in [5.41, 5.74) is 3.64. The molecule has 0 N–H and O–H groups in total. The molecule has 0 aliphatic carbocycles. The van der Waals surface area contributed by atoms with Gasteiger partial charge in [-0.15, -0.1) is 0 Å². The Morgan fingerprint density at radius 3 is 2.14 bits per heavy atom. The second kappa shape index (κ2) is 7.73. The number of nitrogens with zero attached hydrogens (tertiary/aromatic N) is 1. The molecule has 0 spiro atoms. The third kappa shape index (κ3) is 3.20. The first-order valence-corrected chi connectivity index (χ1v) is 11.1. The van der Waals surface area contributed by atoms with Crippen LogP contribution in [0.15, 0.2) is 84.9 Å². The molecule has 4 nitrogen and oxygen atoms in total. The SMILES string of the molecule is COC(=O)CN1C(c2ccccc2)=C(C)c2ccccc2P1(=O)c1ccccc1. The van der Waals surface area contributed by atoms with E-state index in [2.05, 4.69) is 0 Å². The molecule has 146 valence electrons. The maximum Gasteiger partial charge on any atom is 0.325 e. The Bertz CT molecular complexity index is 1120. The Kier molecular flexibility index (Phi) is 5.12. The molecule has 1 heterocycles. The molecule has 0 saturated heterocycles. The molecule has 1 aliphatic heterocycles. The molecule has 0 bridgehead atoms. The van der Waals surface area contributed by atoms with E-state index in [0.29, 0.717) is 5.30 Å². The molecular weight excluding hydrogens is 381 g/mol. The minimum Gasteiger partial charge on any atom is -0.468 e. The molecule has 0 fully saturated rings. The lowest BCUT2D eigenvalue weighted by molar-refractivity contribution is -0.140. The van der Waals surface area contributed by atoms with Gasteiger partial charge < -0.3 is 9.41 Å². The van der Waals surface area contributed by atoms with Crippen molar-refractivity contribution < 1.29 is 14.1 Å². The van der Waals surface area contributed by atoms with Crippen LogP contribution < -0.4 is 10.6 Å². The second-order valence-corrected chi connectivity index (χ2v) is 9.54. The number of fused-ring (bicyclic) bond motifs is 1. The standard InChI is InChI=1S/C24H22NO3P/c1-18-21-15-9-10-16-22(21)29(27,20-13-7-4-8-14-20)25(17-23(26)28-2)24(18)19-11-5-3-6-12-19/h3-16H,17H2,1-2H3. The van der Waals surface area contributed by atoms with Crippen LogP contribution >= 0.6 is 7.29 Å².